The van der Waals surface area contributed by atoms with E-state index in [1.54, 1.807) is 30.3 Å². The summed E-state index contributed by atoms with van der Waals surface area (Å²) in [4.78, 5) is -0.121. The molecule has 0 saturated carbocycles. The van der Waals surface area contributed by atoms with E-state index >= 15 is 0 Å². The summed E-state index contributed by atoms with van der Waals surface area (Å²) in [5.74, 6) is -3.10. The Morgan fingerprint density at radius 3 is 2.24 bits per heavy atom. The zero-order valence-electron chi connectivity index (χ0n) is 11.0. The fourth-order valence-electron chi connectivity index (χ4n) is 2.02. The van der Waals surface area contributed by atoms with Gasteiger partial charge in [0, 0.05) is 6.54 Å². The Balaban J connectivity index is 2.37. The van der Waals surface area contributed by atoms with E-state index in [0.29, 0.717) is 5.39 Å². The first-order valence-electron chi connectivity index (χ1n) is 6.22. The van der Waals surface area contributed by atoms with E-state index in [1.165, 1.54) is 12.1 Å². The molecule has 1 atom stereocenters. The van der Waals surface area contributed by atoms with Gasteiger partial charge in [0.15, 0.2) is 9.84 Å². The molecule has 3 nitrogen and oxygen atoms in total. The van der Waals surface area contributed by atoms with Crippen LogP contribution in [0.2, 0.25) is 0 Å². The van der Waals surface area contributed by atoms with Crippen molar-refractivity contribution in [2.75, 3.05) is 12.3 Å². The summed E-state index contributed by atoms with van der Waals surface area (Å²) in [6.07, 6.45) is -4.63. The molecule has 0 spiro atoms. The lowest BCUT2D eigenvalue weighted by molar-refractivity contribution is -0.165. The molecule has 21 heavy (non-hydrogen) atoms. The van der Waals surface area contributed by atoms with Gasteiger partial charge in [-0.15, -0.1) is 0 Å². The topological polar surface area (TPSA) is 60.2 Å². The summed E-state index contributed by atoms with van der Waals surface area (Å²) in [5, 5.41) is 1.48. The lowest BCUT2D eigenvalue weighted by Gasteiger charge is -2.18. The molecular formula is C14H14F3NO2S. The van der Waals surface area contributed by atoms with Gasteiger partial charge in [-0.3, -0.25) is 0 Å². The van der Waals surface area contributed by atoms with Crippen LogP contribution >= 0.6 is 0 Å². The molecule has 2 aromatic carbocycles. The summed E-state index contributed by atoms with van der Waals surface area (Å²) in [6.45, 7) is -0.754. The largest absolute Gasteiger partial charge is 0.394 e. The van der Waals surface area contributed by atoms with Crippen LogP contribution in [0.1, 0.15) is 0 Å². The highest BCUT2D eigenvalue weighted by Crippen LogP contribution is 2.29. The predicted octanol–water partition coefficient (Wildman–Crippen LogP) is 2.75. The van der Waals surface area contributed by atoms with Gasteiger partial charge in [0.05, 0.1) is 16.6 Å². The van der Waals surface area contributed by atoms with E-state index in [4.69, 9.17) is 5.73 Å². The van der Waals surface area contributed by atoms with Crippen LogP contribution in [-0.4, -0.2) is 26.9 Å². The predicted molar refractivity (Wildman–Crippen MR) is 74.6 cm³/mol. The smallest absolute Gasteiger partial charge is 0.330 e. The first-order chi connectivity index (χ1) is 9.74. The van der Waals surface area contributed by atoms with Crippen molar-refractivity contribution in [3.05, 3.63) is 42.5 Å². The molecule has 0 saturated heterocycles. The van der Waals surface area contributed by atoms with Crippen molar-refractivity contribution in [1.82, 2.24) is 0 Å². The van der Waals surface area contributed by atoms with Gasteiger partial charge in [-0.2, -0.15) is 13.2 Å². The third-order valence-electron chi connectivity index (χ3n) is 3.25. The summed E-state index contributed by atoms with van der Waals surface area (Å²) in [6, 6.07) is 11.3. The average molecular weight is 317 g/mol. The average Bonchev–Trinajstić information content (AvgIpc) is 2.43. The number of alkyl halides is 3. The third-order valence-corrected chi connectivity index (χ3v) is 5.06. The number of fused-ring (bicyclic) bond motifs is 1. The van der Waals surface area contributed by atoms with Gasteiger partial charge in [-0.1, -0.05) is 30.3 Å². The molecule has 7 heteroatoms. The van der Waals surface area contributed by atoms with Crippen LogP contribution in [0.25, 0.3) is 10.8 Å². The highest BCUT2D eigenvalue weighted by Gasteiger charge is 2.41. The Bertz CT molecular complexity index is 741. The van der Waals surface area contributed by atoms with Gasteiger partial charge in [-0.05, 0) is 22.9 Å². The van der Waals surface area contributed by atoms with E-state index in [1.807, 2.05) is 0 Å². The molecule has 2 aromatic rings. The maximum Gasteiger partial charge on any atom is 0.394 e. The zero-order valence-corrected chi connectivity index (χ0v) is 11.8. The maximum atomic E-state index is 12.7. The second-order valence-electron chi connectivity index (χ2n) is 4.76. The fourth-order valence-corrected chi connectivity index (χ4v) is 3.65. The minimum atomic E-state index is -4.63. The minimum absolute atomic E-state index is 0.121. The maximum absolute atomic E-state index is 12.7. The van der Waals surface area contributed by atoms with E-state index in [-0.39, 0.29) is 4.90 Å². The van der Waals surface area contributed by atoms with Gasteiger partial charge < -0.3 is 5.73 Å². The lowest BCUT2D eigenvalue weighted by Crippen LogP contribution is -2.36. The second-order valence-corrected chi connectivity index (χ2v) is 6.80. The summed E-state index contributed by atoms with van der Waals surface area (Å²) in [5.41, 5.74) is 5.05. The second kappa shape index (κ2) is 5.65. The molecule has 0 fully saturated rings. The van der Waals surface area contributed by atoms with E-state index < -0.39 is 34.2 Å². The lowest BCUT2D eigenvalue weighted by atomic mass is 10.1. The molecule has 0 heterocycles. The van der Waals surface area contributed by atoms with Crippen LogP contribution in [-0.2, 0) is 9.84 Å². The normalized spacial score (nSPS) is 14.3. The van der Waals surface area contributed by atoms with Crippen LogP contribution in [0.3, 0.4) is 0 Å². The number of hydrogen-bond acceptors (Lipinski definition) is 3. The van der Waals surface area contributed by atoms with Gasteiger partial charge in [-0.25, -0.2) is 8.42 Å². The van der Waals surface area contributed by atoms with Crippen LogP contribution in [0, 0.1) is 5.92 Å². The Morgan fingerprint density at radius 2 is 1.67 bits per heavy atom. The highest BCUT2D eigenvalue weighted by molar-refractivity contribution is 7.91. The monoisotopic (exact) mass is 317 g/mol. The van der Waals surface area contributed by atoms with Crippen LogP contribution in [0.15, 0.2) is 47.4 Å². The van der Waals surface area contributed by atoms with Crippen molar-refractivity contribution in [3.63, 3.8) is 0 Å². The zero-order chi connectivity index (χ0) is 15.7. The molecule has 0 radical (unpaired) electrons. The number of nitrogens with two attached hydrogens (primary N) is 1. The molecule has 0 aromatic heterocycles. The number of hydrogen-bond donors (Lipinski definition) is 1. The van der Waals surface area contributed by atoms with Crippen molar-refractivity contribution in [1.29, 1.82) is 0 Å². The molecule has 2 N–H and O–H groups in total. The van der Waals surface area contributed by atoms with Crippen molar-refractivity contribution in [3.8, 4) is 0 Å². The Hall–Kier alpha value is -1.60. The van der Waals surface area contributed by atoms with Gasteiger partial charge in [0.25, 0.3) is 0 Å². The van der Waals surface area contributed by atoms with Crippen LogP contribution < -0.4 is 5.73 Å². The number of halogens is 3. The van der Waals surface area contributed by atoms with Crippen molar-refractivity contribution >= 4 is 20.6 Å². The number of rotatable bonds is 4. The third kappa shape index (κ3) is 3.54. The summed E-state index contributed by atoms with van der Waals surface area (Å²) in [7, 11) is -4.05. The van der Waals surface area contributed by atoms with Gasteiger partial charge >= 0.3 is 6.18 Å². The molecule has 0 amide bonds. The van der Waals surface area contributed by atoms with E-state index in [0.717, 1.165) is 5.39 Å². The van der Waals surface area contributed by atoms with E-state index in [9.17, 15) is 21.6 Å². The van der Waals surface area contributed by atoms with Crippen LogP contribution in [0.5, 0.6) is 0 Å². The first-order valence-corrected chi connectivity index (χ1v) is 7.87. The van der Waals surface area contributed by atoms with Crippen molar-refractivity contribution < 1.29 is 21.6 Å². The first kappa shape index (κ1) is 15.8. The molecule has 0 aliphatic rings. The minimum Gasteiger partial charge on any atom is -0.330 e. The summed E-state index contributed by atoms with van der Waals surface area (Å²) < 4.78 is 62.3. The quantitative estimate of drug-likeness (QED) is 0.943. The van der Waals surface area contributed by atoms with E-state index in [2.05, 4.69) is 0 Å². The van der Waals surface area contributed by atoms with Gasteiger partial charge in [0.1, 0.15) is 0 Å². The van der Waals surface area contributed by atoms with Crippen molar-refractivity contribution in [2.24, 2.45) is 11.7 Å². The fraction of sp³-hybridized carbons (Fsp3) is 0.286. The van der Waals surface area contributed by atoms with Crippen molar-refractivity contribution in [2.45, 2.75) is 11.1 Å². The Kier molecular flexibility index (Phi) is 4.25. The molecule has 0 aliphatic heterocycles. The molecule has 0 bridgehead atoms. The molecule has 0 aliphatic carbocycles. The summed E-state index contributed by atoms with van der Waals surface area (Å²) >= 11 is 0. The Morgan fingerprint density at radius 1 is 1.05 bits per heavy atom. The Labute approximate surface area is 120 Å². The molecular weight excluding hydrogens is 303 g/mol. The van der Waals surface area contributed by atoms with Crippen LogP contribution in [0.4, 0.5) is 13.2 Å². The SMILES string of the molecule is NCC(CS(=O)(=O)c1ccc2ccccc2c1)C(F)(F)F. The molecule has 114 valence electrons. The molecule has 1 unspecified atom stereocenters. The standard InChI is InChI=1S/C14H14F3NO2S/c15-14(16,17)12(8-18)9-21(19,20)13-6-5-10-3-1-2-4-11(10)7-13/h1-7,12H,8-9,18H2. The highest BCUT2D eigenvalue weighted by atomic mass is 32.2. The number of sulfone groups is 1. The number of benzene rings is 2. The molecule has 2 rings (SSSR count). The van der Waals surface area contributed by atoms with Gasteiger partial charge in [0.2, 0.25) is 0 Å².